The van der Waals surface area contributed by atoms with E-state index < -0.39 is 57.9 Å². The van der Waals surface area contributed by atoms with E-state index in [0.717, 1.165) is 9.58 Å². The van der Waals surface area contributed by atoms with Crippen LogP contribution in [0.1, 0.15) is 35.2 Å². The molecule has 9 rings (SSSR count). The Morgan fingerprint density at radius 3 is 2.33 bits per heavy atom. The van der Waals surface area contributed by atoms with E-state index in [2.05, 4.69) is 10.4 Å². The van der Waals surface area contributed by atoms with Crippen LogP contribution in [0.25, 0.3) is 11.0 Å². The maximum absolute atomic E-state index is 15.2. The number of benzene rings is 4. The van der Waals surface area contributed by atoms with Gasteiger partial charge in [0.15, 0.2) is 11.5 Å². The molecule has 0 unspecified atom stereocenters. The van der Waals surface area contributed by atoms with Crippen molar-refractivity contribution in [2.75, 3.05) is 19.6 Å². The lowest BCUT2D eigenvalue weighted by molar-refractivity contribution is -0.138. The van der Waals surface area contributed by atoms with Crippen molar-refractivity contribution >= 4 is 40.1 Å². The Balaban J connectivity index is 1.16. The minimum atomic E-state index is -1.68. The molecule has 0 bridgehead atoms. The number of nitrogens with one attached hydrogen (secondary N) is 1. The molecular weight excluding hydrogens is 797 g/mol. The molecule has 0 radical (unpaired) electrons. The monoisotopic (exact) mass is 833 g/mol. The average molecular weight is 834 g/mol. The minimum Gasteiger partial charge on any atom is -0.508 e. The Kier molecular flexibility index (Phi) is 9.26. The zero-order valence-corrected chi connectivity index (χ0v) is 33.2. The molecule has 15 nitrogen and oxygen atoms in total. The van der Waals surface area contributed by atoms with Crippen LogP contribution in [0.4, 0.5) is 10.1 Å². The molecular formula is C43H37ClFN7O8. The van der Waals surface area contributed by atoms with Gasteiger partial charge in [0.1, 0.15) is 17.3 Å². The molecule has 2 aliphatic heterocycles. The highest BCUT2D eigenvalue weighted by Crippen LogP contribution is 2.62. The van der Waals surface area contributed by atoms with Crippen LogP contribution >= 0.6 is 11.6 Å². The molecule has 2 N–H and O–H groups in total. The first-order valence-electron chi connectivity index (χ1n) is 19.1. The predicted molar refractivity (Wildman–Crippen MR) is 218 cm³/mol. The number of amides is 2. The Morgan fingerprint density at radius 1 is 0.933 bits per heavy atom. The molecule has 3 aliphatic rings. The van der Waals surface area contributed by atoms with Gasteiger partial charge >= 0.3 is 11.4 Å². The van der Waals surface area contributed by atoms with Crippen molar-refractivity contribution in [1.82, 2.24) is 28.5 Å². The largest absolute Gasteiger partial charge is 0.508 e. The zero-order chi connectivity index (χ0) is 42.2. The molecule has 1 aliphatic carbocycles. The number of carbonyl (C=O) groups is 2. The quantitative estimate of drug-likeness (QED) is 0.157. The number of aromatic nitrogens is 5. The molecule has 4 heterocycles. The Morgan fingerprint density at radius 2 is 1.63 bits per heavy atom. The topological polar surface area (TPSA) is 172 Å². The second-order valence-electron chi connectivity index (χ2n) is 15.0. The zero-order valence-electron chi connectivity index (χ0n) is 32.5. The lowest BCUT2D eigenvalue weighted by Gasteiger charge is -2.49. The van der Waals surface area contributed by atoms with Crippen LogP contribution in [0.2, 0.25) is 5.02 Å². The third-order valence-electron chi connectivity index (χ3n) is 12.1. The second-order valence-corrected chi connectivity index (χ2v) is 15.4. The van der Waals surface area contributed by atoms with Crippen molar-refractivity contribution in [2.45, 2.75) is 43.3 Å². The summed E-state index contributed by atoms with van der Waals surface area (Å²) in [5.74, 6) is -3.27. The van der Waals surface area contributed by atoms with Gasteiger partial charge in [-0.25, -0.2) is 32.9 Å². The molecule has 2 amide bonds. The molecule has 2 fully saturated rings. The number of hydrogen-bond acceptors (Lipinski definition) is 10. The van der Waals surface area contributed by atoms with Crippen molar-refractivity contribution in [3.05, 3.63) is 156 Å². The summed E-state index contributed by atoms with van der Waals surface area (Å²) in [6.07, 6.45) is 1.62. The van der Waals surface area contributed by atoms with Gasteiger partial charge in [0.2, 0.25) is 0 Å². The van der Waals surface area contributed by atoms with Crippen molar-refractivity contribution < 1.29 is 28.6 Å². The summed E-state index contributed by atoms with van der Waals surface area (Å²) in [6.45, 7) is -0.267. The number of hydrazine groups is 1. The van der Waals surface area contributed by atoms with Crippen LogP contribution in [0.5, 0.6) is 17.2 Å². The number of methoxy groups -OCH3 is 2. The number of para-hydroxylation sites is 1. The summed E-state index contributed by atoms with van der Waals surface area (Å²) < 4.78 is 29.8. The third kappa shape index (κ3) is 5.68. The van der Waals surface area contributed by atoms with Crippen LogP contribution in [-0.2, 0) is 41.6 Å². The maximum atomic E-state index is 15.2. The van der Waals surface area contributed by atoms with Crippen molar-refractivity contribution in [3.63, 3.8) is 0 Å². The fourth-order valence-electron chi connectivity index (χ4n) is 9.32. The summed E-state index contributed by atoms with van der Waals surface area (Å²) in [7, 11) is 4.56. The van der Waals surface area contributed by atoms with E-state index in [-0.39, 0.29) is 43.1 Å². The smallest absolute Gasteiger partial charge is 0.347 e. The number of anilines is 1. The number of imide groups is 1. The Labute approximate surface area is 345 Å². The number of nitrogens with zero attached hydrogens (tertiary/aromatic N) is 6. The second kappa shape index (κ2) is 14.4. The fourth-order valence-corrected chi connectivity index (χ4v) is 9.45. The number of ether oxygens (including phenoxy) is 2. The lowest BCUT2D eigenvalue weighted by Crippen LogP contribution is -2.53. The van der Waals surface area contributed by atoms with E-state index in [1.165, 1.54) is 58.5 Å². The van der Waals surface area contributed by atoms with Crippen LogP contribution < -0.4 is 31.8 Å². The van der Waals surface area contributed by atoms with Crippen molar-refractivity contribution in [1.29, 1.82) is 0 Å². The van der Waals surface area contributed by atoms with Gasteiger partial charge in [-0.15, -0.1) is 0 Å². The molecule has 4 aromatic carbocycles. The number of allylic oxidation sites excluding steroid dienone is 2. The molecule has 306 valence electrons. The van der Waals surface area contributed by atoms with Crippen LogP contribution in [0.15, 0.2) is 111 Å². The number of phenols is 1. The van der Waals surface area contributed by atoms with Gasteiger partial charge in [-0.2, -0.15) is 5.01 Å². The average Bonchev–Trinajstić information content (AvgIpc) is 3.62. The van der Waals surface area contributed by atoms with Crippen LogP contribution in [0.3, 0.4) is 0 Å². The van der Waals surface area contributed by atoms with E-state index in [1.807, 2.05) is 0 Å². The number of fused-ring (bicyclic) bond motifs is 5. The van der Waals surface area contributed by atoms with Gasteiger partial charge in [-0.1, -0.05) is 48.0 Å². The molecule has 2 aromatic heterocycles. The number of aromatic hydroxyl groups is 1. The number of hydrogen-bond donors (Lipinski definition) is 2. The summed E-state index contributed by atoms with van der Waals surface area (Å²) in [4.78, 5) is 76.9. The van der Waals surface area contributed by atoms with E-state index >= 15 is 4.79 Å². The van der Waals surface area contributed by atoms with Gasteiger partial charge in [0.05, 0.1) is 54.9 Å². The number of carbonyl (C=O) groups excluding carboxylic acids is 2. The summed E-state index contributed by atoms with van der Waals surface area (Å²) in [5, 5.41) is 12.8. The first kappa shape index (κ1) is 38.6. The van der Waals surface area contributed by atoms with Crippen molar-refractivity contribution in [3.8, 4) is 17.2 Å². The normalized spacial score (nSPS) is 20.7. The van der Waals surface area contributed by atoms with Gasteiger partial charge in [0.25, 0.3) is 17.4 Å². The highest BCUT2D eigenvalue weighted by atomic mass is 35.5. The summed E-state index contributed by atoms with van der Waals surface area (Å²) >= 11 is 6.35. The number of rotatable bonds is 9. The molecule has 1 saturated carbocycles. The lowest BCUT2D eigenvalue weighted by atomic mass is 9.53. The summed E-state index contributed by atoms with van der Waals surface area (Å²) in [6, 6.07) is 20.6. The van der Waals surface area contributed by atoms with Gasteiger partial charge in [0, 0.05) is 48.6 Å². The highest BCUT2D eigenvalue weighted by Gasteiger charge is 2.69. The van der Waals surface area contributed by atoms with E-state index in [4.69, 9.17) is 21.1 Å². The first-order chi connectivity index (χ1) is 28.9. The number of halogens is 2. The Hall–Kier alpha value is -6.94. The van der Waals surface area contributed by atoms with Crippen molar-refractivity contribution in [2.24, 2.45) is 13.0 Å². The molecule has 1 saturated heterocycles. The van der Waals surface area contributed by atoms with Gasteiger partial charge in [-0.3, -0.25) is 19.8 Å². The van der Waals surface area contributed by atoms with Crippen LogP contribution in [-0.4, -0.2) is 59.6 Å². The number of phenolic OH excluding ortho intramolecular Hbond substituents is 1. The summed E-state index contributed by atoms with van der Waals surface area (Å²) in [5.41, 5.74) is 2.11. The standard InChI is InChI=1S/C43H37ClFN7O8/c1-48-33-22-36(60-3)35(59-2)21-31(33)46-30(39(48)55)17-18-49-41(57)50-19-16-27-32(52(50)42(49)58)20-29-38(54)51(47-26-14-12-25(45)13-15-26)40(56)43(29,23-8-10-24(44)11-9-23)37(27)28-6-4-5-7-34(28)53/h4-16,21-22,29,32,37,47,53H,17-20H2,1-3H3/t29-,32+,37+,43+/m0/s1. The molecule has 6 aromatic rings. The number of aryl methyl sites for hydroxylation is 2. The SMILES string of the molecule is COc1cc2nc(CCn3c(=O)n4n(c3=O)[C@@H]3C[C@H]5C(=O)N(Nc6ccc(F)cc6)C(=O)[C@@]5(c5ccc(Cl)cc5)[C@@H](c5ccccc5O)C3=CC4)c(=O)n(C)c2cc1OC. The Bertz CT molecular complexity index is 2970. The van der Waals surface area contributed by atoms with E-state index in [9.17, 15) is 28.7 Å². The molecule has 17 heteroatoms. The molecule has 60 heavy (non-hydrogen) atoms. The van der Waals surface area contributed by atoms with Crippen LogP contribution in [0, 0.1) is 11.7 Å². The maximum Gasteiger partial charge on any atom is 0.347 e. The molecule has 4 atom stereocenters. The van der Waals surface area contributed by atoms with Gasteiger partial charge in [-0.05, 0) is 60.0 Å². The highest BCUT2D eigenvalue weighted by molar-refractivity contribution is 6.30. The molecule has 0 spiro atoms. The third-order valence-corrected chi connectivity index (χ3v) is 12.3. The minimum absolute atomic E-state index is 0.0686. The van der Waals surface area contributed by atoms with E-state index in [1.54, 1.807) is 67.7 Å². The predicted octanol–water partition coefficient (Wildman–Crippen LogP) is 4.44. The first-order valence-corrected chi connectivity index (χ1v) is 19.4. The van der Waals surface area contributed by atoms with Gasteiger partial charge < -0.3 is 19.1 Å². The fraction of sp³-hybridized carbons (Fsp3) is 0.256. The van der Waals surface area contributed by atoms with E-state index in [0.29, 0.717) is 44.3 Å².